The van der Waals surface area contributed by atoms with Crippen LogP contribution in [0.15, 0.2) is 87.5 Å². The molecule has 0 aliphatic heterocycles. The zero-order chi connectivity index (χ0) is 29.9. The Morgan fingerprint density at radius 3 is 1.29 bits per heavy atom. The van der Waals surface area contributed by atoms with Crippen molar-refractivity contribution in [2.45, 2.75) is 74.0 Å². The normalized spacial score (nSPS) is 21.1. The molecule has 0 heterocycles. The summed E-state index contributed by atoms with van der Waals surface area (Å²) < 4.78 is 38.5. The third-order valence-corrected chi connectivity index (χ3v) is 16.9. The summed E-state index contributed by atoms with van der Waals surface area (Å²) in [5.41, 5.74) is 3.55. The summed E-state index contributed by atoms with van der Waals surface area (Å²) in [6.07, 6.45) is 6.76. The maximum atomic E-state index is 12.9. The van der Waals surface area contributed by atoms with Crippen molar-refractivity contribution in [2.24, 2.45) is 17.8 Å². The molecule has 42 heavy (non-hydrogen) atoms. The topological polar surface area (TPSA) is 51.2 Å². The van der Waals surface area contributed by atoms with Gasteiger partial charge in [-0.15, -0.1) is 0 Å². The fourth-order valence-electron chi connectivity index (χ4n) is 5.41. The van der Waals surface area contributed by atoms with Crippen molar-refractivity contribution in [2.75, 3.05) is 17.3 Å². The average Bonchev–Trinajstić information content (AvgIpc) is 2.99. The molecule has 228 valence electrons. The Bertz CT molecular complexity index is 1330. The van der Waals surface area contributed by atoms with Gasteiger partial charge >= 0.3 is 0 Å². The quantitative estimate of drug-likeness (QED) is 0.149. The lowest BCUT2D eigenvalue weighted by molar-refractivity contribution is 0.169. The lowest BCUT2D eigenvalue weighted by atomic mass is 9.71. The van der Waals surface area contributed by atoms with E-state index < -0.39 is 29.5 Å². The van der Waals surface area contributed by atoms with Crippen LogP contribution in [0.3, 0.4) is 0 Å². The Balaban J connectivity index is 1.28. The van der Waals surface area contributed by atoms with Gasteiger partial charge in [-0.1, -0.05) is 91.9 Å². The predicted molar refractivity (Wildman–Crippen MR) is 188 cm³/mol. The van der Waals surface area contributed by atoms with Crippen LogP contribution in [0.25, 0.3) is 0 Å². The summed E-state index contributed by atoms with van der Waals surface area (Å²) in [4.78, 5) is 2.67. The second-order valence-electron chi connectivity index (χ2n) is 11.2. The highest BCUT2D eigenvalue weighted by Gasteiger charge is 2.30. The van der Waals surface area contributed by atoms with E-state index in [1.807, 2.05) is 93.6 Å². The largest absolute Gasteiger partial charge is 0.243 e. The minimum Gasteiger partial charge on any atom is -0.243 e. The Kier molecular flexibility index (Phi) is 14.3. The first kappa shape index (κ1) is 34.0. The summed E-state index contributed by atoms with van der Waals surface area (Å²) in [6, 6.07) is 24.0. The van der Waals surface area contributed by atoms with Crippen LogP contribution >= 0.6 is 32.4 Å². The van der Waals surface area contributed by atoms with Gasteiger partial charge in [0.1, 0.15) is 29.5 Å². The van der Waals surface area contributed by atoms with Crippen LogP contribution in [0.5, 0.6) is 0 Å². The molecule has 0 amide bonds. The highest BCUT2D eigenvalue weighted by molar-refractivity contribution is 8.69. The van der Waals surface area contributed by atoms with E-state index in [1.165, 1.54) is 36.0 Å². The summed E-state index contributed by atoms with van der Waals surface area (Å²) in [6.45, 7) is 6.15. The number of hydrogen-bond acceptors (Lipinski definition) is 6. The number of rotatable bonds is 15. The third-order valence-electron chi connectivity index (χ3n) is 7.96. The minimum atomic E-state index is -1.05. The van der Waals surface area contributed by atoms with Gasteiger partial charge in [-0.3, -0.25) is 0 Å². The van der Waals surface area contributed by atoms with Crippen molar-refractivity contribution >= 4 is 61.9 Å². The number of aryl methyl sites for hydroxylation is 3. The maximum absolute atomic E-state index is 12.9. The predicted octanol–water partition coefficient (Wildman–Crippen LogP) is 9.48. The molecule has 1 aliphatic rings. The fourth-order valence-corrected chi connectivity index (χ4v) is 13.0. The highest BCUT2D eigenvalue weighted by atomic mass is 33.1. The first-order chi connectivity index (χ1) is 20.3. The average molecular weight is 679 g/mol. The molecule has 0 aromatic heterocycles. The molecule has 0 saturated heterocycles. The van der Waals surface area contributed by atoms with Crippen LogP contribution in [0, 0.1) is 38.5 Å². The third kappa shape index (κ3) is 11.0. The van der Waals surface area contributed by atoms with E-state index in [0.717, 1.165) is 51.2 Å². The molecule has 0 radical (unpaired) electrons. The van der Waals surface area contributed by atoms with E-state index in [-0.39, 0.29) is 0 Å². The molecular weight excluding hydrogens is 637 g/mol. The van der Waals surface area contributed by atoms with Gasteiger partial charge in [-0.2, -0.15) is 0 Å². The SMILES string of the molecule is Cc1ccc(S(=O)SCCC2CCC(CCSS(=O)c3ccc(C)cc3)C(CCSS(=O)c3ccc(C)cc3)C2)cc1. The molecule has 1 fully saturated rings. The van der Waals surface area contributed by atoms with Crippen LogP contribution in [-0.4, -0.2) is 29.9 Å². The smallest absolute Gasteiger partial charge is 0.113 e. The molecule has 4 rings (SSSR count). The van der Waals surface area contributed by atoms with Crippen molar-refractivity contribution in [3.05, 3.63) is 89.5 Å². The van der Waals surface area contributed by atoms with Crippen LogP contribution in [0.4, 0.5) is 0 Å². The standard InChI is InChI=1S/C33H42O3S6/c1-25-4-12-31(13-5-25)40(34)37-21-18-28-10-11-29(19-22-38-41(35)32-14-6-26(2)7-15-32)30(24-28)20-23-39-42(36)33-16-8-27(3)9-17-33/h4-9,12-17,28-30H,10-11,18-24H2,1-3H3. The monoisotopic (exact) mass is 678 g/mol. The Morgan fingerprint density at radius 1 is 0.524 bits per heavy atom. The highest BCUT2D eigenvalue weighted by Crippen LogP contribution is 2.41. The Labute approximate surface area is 271 Å². The van der Waals surface area contributed by atoms with Gasteiger partial charge in [0, 0.05) is 31.9 Å². The summed E-state index contributed by atoms with van der Waals surface area (Å²) in [5.74, 6) is 4.48. The summed E-state index contributed by atoms with van der Waals surface area (Å²) >= 11 is 0. The van der Waals surface area contributed by atoms with Crippen LogP contribution in [0.2, 0.25) is 0 Å². The minimum absolute atomic E-state index is 0.576. The molecule has 1 aliphatic carbocycles. The number of benzene rings is 3. The lowest BCUT2D eigenvalue weighted by Gasteiger charge is -2.36. The second-order valence-corrected chi connectivity index (χ2v) is 20.8. The summed E-state index contributed by atoms with van der Waals surface area (Å²) in [5, 5.41) is 0. The zero-order valence-electron chi connectivity index (χ0n) is 24.7. The molecule has 6 unspecified atom stereocenters. The molecule has 3 nitrogen and oxygen atoms in total. The molecule has 1 saturated carbocycles. The van der Waals surface area contributed by atoms with Gasteiger partial charge in [-0.05, 0) is 107 Å². The Hall–Kier alpha value is -0.840. The second kappa shape index (κ2) is 17.6. The maximum Gasteiger partial charge on any atom is 0.113 e. The van der Waals surface area contributed by atoms with Gasteiger partial charge in [0.25, 0.3) is 0 Å². The zero-order valence-corrected chi connectivity index (χ0v) is 29.6. The Morgan fingerprint density at radius 2 is 0.881 bits per heavy atom. The van der Waals surface area contributed by atoms with Crippen molar-refractivity contribution in [3.63, 3.8) is 0 Å². The van der Waals surface area contributed by atoms with Gasteiger partial charge < -0.3 is 0 Å². The molecule has 0 spiro atoms. The van der Waals surface area contributed by atoms with E-state index in [4.69, 9.17) is 0 Å². The molecular formula is C33H42O3S6. The molecule has 6 atom stereocenters. The van der Waals surface area contributed by atoms with Crippen molar-refractivity contribution in [3.8, 4) is 0 Å². The van der Waals surface area contributed by atoms with E-state index in [1.54, 1.807) is 32.4 Å². The van der Waals surface area contributed by atoms with Gasteiger partial charge in [0.05, 0.1) is 0 Å². The molecule has 0 bridgehead atoms. The van der Waals surface area contributed by atoms with E-state index in [0.29, 0.717) is 17.8 Å². The van der Waals surface area contributed by atoms with Gasteiger partial charge in [0.15, 0.2) is 0 Å². The van der Waals surface area contributed by atoms with Gasteiger partial charge in [-0.25, -0.2) is 12.6 Å². The molecule has 9 heteroatoms. The van der Waals surface area contributed by atoms with Crippen LogP contribution < -0.4 is 0 Å². The molecule has 3 aromatic rings. The van der Waals surface area contributed by atoms with E-state index in [9.17, 15) is 12.6 Å². The number of hydrogen-bond donors (Lipinski definition) is 0. The fraction of sp³-hybridized carbons (Fsp3) is 0.455. The molecule has 0 N–H and O–H groups in total. The van der Waals surface area contributed by atoms with Gasteiger partial charge in [0.2, 0.25) is 0 Å². The van der Waals surface area contributed by atoms with Crippen LogP contribution in [0.1, 0.15) is 55.2 Å². The first-order valence-electron chi connectivity index (χ1n) is 14.6. The summed E-state index contributed by atoms with van der Waals surface area (Å²) in [7, 11) is 1.57. The van der Waals surface area contributed by atoms with E-state index >= 15 is 0 Å². The van der Waals surface area contributed by atoms with E-state index in [2.05, 4.69) is 0 Å². The first-order valence-corrected chi connectivity index (χ1v) is 22.6. The molecule has 3 aromatic carbocycles. The lowest BCUT2D eigenvalue weighted by Crippen LogP contribution is -2.26. The van der Waals surface area contributed by atoms with Crippen molar-refractivity contribution in [1.29, 1.82) is 0 Å². The van der Waals surface area contributed by atoms with Crippen molar-refractivity contribution < 1.29 is 12.6 Å². The van der Waals surface area contributed by atoms with Crippen LogP contribution in [-0.2, 0) is 29.5 Å². The van der Waals surface area contributed by atoms with Crippen molar-refractivity contribution in [1.82, 2.24) is 0 Å².